The van der Waals surface area contributed by atoms with E-state index < -0.39 is 0 Å². The zero-order valence-corrected chi connectivity index (χ0v) is 40.6. The number of anilines is 1. The number of pyridine rings is 1. The monoisotopic (exact) mass is 930 g/mol. The van der Waals surface area contributed by atoms with Gasteiger partial charge in [0.25, 0.3) is 5.91 Å². The molecular weight excluding hydrogens is 869 g/mol. The molecule has 3 aliphatic heterocycles. The Morgan fingerprint density at radius 1 is 0.928 bits per heavy atom. The van der Waals surface area contributed by atoms with Crippen LogP contribution in [0.5, 0.6) is 11.5 Å². The second kappa shape index (κ2) is 18.6. The summed E-state index contributed by atoms with van der Waals surface area (Å²) in [5, 5.41) is 24.8. The number of carbonyl (C=O) groups is 2. The van der Waals surface area contributed by atoms with Crippen molar-refractivity contribution in [1.29, 1.82) is 5.26 Å². The maximum atomic E-state index is 13.6. The van der Waals surface area contributed by atoms with Crippen molar-refractivity contribution in [1.82, 2.24) is 39.7 Å². The van der Waals surface area contributed by atoms with E-state index in [-0.39, 0.29) is 34.8 Å². The molecule has 1 N–H and O–H groups in total. The average Bonchev–Trinajstić information content (AvgIpc) is 4.01. The van der Waals surface area contributed by atoms with Crippen LogP contribution >= 0.6 is 0 Å². The van der Waals surface area contributed by atoms with Crippen LogP contribution in [0.1, 0.15) is 80.7 Å². The molecule has 0 spiro atoms. The van der Waals surface area contributed by atoms with Crippen LogP contribution in [0.15, 0.2) is 85.3 Å². The predicted octanol–water partition coefficient (Wildman–Crippen LogP) is 7.53. The van der Waals surface area contributed by atoms with Crippen LogP contribution in [0.3, 0.4) is 0 Å². The van der Waals surface area contributed by atoms with Gasteiger partial charge >= 0.3 is 0 Å². The van der Waals surface area contributed by atoms with Crippen LogP contribution in [0.2, 0.25) is 0 Å². The minimum atomic E-state index is -0.346. The Labute approximate surface area is 403 Å². The summed E-state index contributed by atoms with van der Waals surface area (Å²) >= 11 is 0. The molecule has 69 heavy (non-hydrogen) atoms. The molecule has 0 radical (unpaired) electrons. The number of hydrogen-bond donors (Lipinski definition) is 1. The van der Waals surface area contributed by atoms with Crippen molar-refractivity contribution in [2.45, 2.75) is 85.2 Å². The Hall–Kier alpha value is -6.76. The molecule has 15 nitrogen and oxygen atoms in total. The van der Waals surface area contributed by atoms with Gasteiger partial charge in [0.2, 0.25) is 5.91 Å². The number of carbonyl (C=O) groups excluding carboxylic acids is 2. The van der Waals surface area contributed by atoms with E-state index in [2.05, 4.69) is 96.2 Å². The molecule has 3 aromatic carbocycles. The van der Waals surface area contributed by atoms with Gasteiger partial charge in [0, 0.05) is 147 Å². The Balaban J connectivity index is 0.731. The summed E-state index contributed by atoms with van der Waals surface area (Å²) in [5.74, 6) is 1.09. The number of ether oxygens (including phenoxy) is 3. The van der Waals surface area contributed by atoms with Gasteiger partial charge in [-0.2, -0.15) is 15.5 Å². The lowest BCUT2D eigenvalue weighted by Gasteiger charge is -2.63. The lowest BCUT2D eigenvalue weighted by Crippen LogP contribution is -2.74. The SMILES string of the molecule is COc1cc(OC2C(C)(C)C(NC(=O)c3ccc(N4CCN(CCn5cc(-c6cc7cccc(-c8nn(C9CCOCC9)c9c8CN(C(C)=O)CC9)c7cn6)cn5)CC4)cc3)C2(C)C)ccc1C#N. The van der Waals surface area contributed by atoms with Crippen molar-refractivity contribution in [3.05, 3.63) is 108 Å². The molecule has 10 rings (SSSR count). The maximum Gasteiger partial charge on any atom is 0.251 e. The van der Waals surface area contributed by atoms with E-state index in [0.29, 0.717) is 41.8 Å². The van der Waals surface area contributed by atoms with E-state index in [4.69, 9.17) is 29.4 Å². The van der Waals surface area contributed by atoms with E-state index in [0.717, 1.165) is 116 Å². The molecule has 6 heterocycles. The highest BCUT2D eigenvalue weighted by molar-refractivity contribution is 5.98. The summed E-state index contributed by atoms with van der Waals surface area (Å²) in [4.78, 5) is 37.9. The fraction of sp³-hybridized carbons (Fsp3) is 0.444. The van der Waals surface area contributed by atoms with Gasteiger partial charge in [0.15, 0.2) is 0 Å². The highest BCUT2D eigenvalue weighted by Crippen LogP contribution is 2.56. The van der Waals surface area contributed by atoms with Crippen LogP contribution < -0.4 is 19.7 Å². The number of nitrogens with one attached hydrogen (secondary N) is 1. The standard InChI is InChI=1S/C54H62N10O5/c1-35(65)62-19-16-47-45(34-62)49(59-64(47)41-17-26-68-27-18-41)43-9-7-8-37-28-46(56-32-44(37)43)39-31-57-63(33-39)25-22-60-20-23-61(24-21-60)40-13-10-36(11-14-40)50(66)58-51-53(2,3)52(54(51,4)5)69-42-15-12-38(30-55)48(29-42)67-6/h7-15,28-29,31-33,41,51-52H,16-27,34H2,1-6H3,(H,58,66). The van der Waals surface area contributed by atoms with Crippen molar-refractivity contribution < 1.29 is 23.8 Å². The van der Waals surface area contributed by atoms with Crippen molar-refractivity contribution in [2.75, 3.05) is 64.5 Å². The Kier molecular flexibility index (Phi) is 12.4. The normalized spacial score (nSPS) is 20.2. The summed E-state index contributed by atoms with van der Waals surface area (Å²) in [6.45, 7) is 18.2. The van der Waals surface area contributed by atoms with Crippen LogP contribution in [-0.4, -0.2) is 118 Å². The topological polar surface area (TPSA) is 156 Å². The molecule has 4 aliphatic rings. The molecule has 0 atom stereocenters. The lowest BCUT2D eigenvalue weighted by atomic mass is 9.49. The minimum Gasteiger partial charge on any atom is -0.495 e. The number of hydrogen-bond acceptors (Lipinski definition) is 11. The largest absolute Gasteiger partial charge is 0.495 e. The zero-order valence-electron chi connectivity index (χ0n) is 40.6. The molecule has 1 saturated carbocycles. The molecular formula is C54H62N10O5. The summed E-state index contributed by atoms with van der Waals surface area (Å²) in [5.41, 5.74) is 7.71. The number of methoxy groups -OCH3 is 1. The number of fused-ring (bicyclic) bond motifs is 2. The summed E-state index contributed by atoms with van der Waals surface area (Å²) in [6.07, 6.45) is 8.45. The first-order valence-electron chi connectivity index (χ1n) is 24.3. The van der Waals surface area contributed by atoms with E-state index in [9.17, 15) is 14.9 Å². The highest BCUT2D eigenvalue weighted by Gasteiger charge is 2.64. The van der Waals surface area contributed by atoms with Gasteiger partial charge in [0.1, 0.15) is 23.7 Å². The third kappa shape index (κ3) is 8.80. The molecule has 15 heteroatoms. The number of nitriles is 1. The Morgan fingerprint density at radius 2 is 1.70 bits per heavy atom. The van der Waals surface area contributed by atoms with E-state index in [1.165, 1.54) is 5.69 Å². The Bertz CT molecular complexity index is 2900. The van der Waals surface area contributed by atoms with Crippen molar-refractivity contribution in [3.8, 4) is 40.1 Å². The van der Waals surface area contributed by atoms with Gasteiger partial charge in [0.05, 0.1) is 42.8 Å². The number of rotatable bonds is 12. The van der Waals surface area contributed by atoms with Crippen LogP contribution in [0, 0.1) is 22.2 Å². The third-order valence-corrected chi connectivity index (χ3v) is 15.2. The van der Waals surface area contributed by atoms with Gasteiger partial charge in [-0.3, -0.25) is 28.8 Å². The molecule has 3 fully saturated rings. The van der Waals surface area contributed by atoms with Crippen LogP contribution in [0.4, 0.5) is 5.69 Å². The summed E-state index contributed by atoms with van der Waals surface area (Å²) in [7, 11) is 1.54. The third-order valence-electron chi connectivity index (χ3n) is 15.2. The smallest absolute Gasteiger partial charge is 0.251 e. The fourth-order valence-corrected chi connectivity index (χ4v) is 11.6. The minimum absolute atomic E-state index is 0.0889. The second-order valence-electron chi connectivity index (χ2n) is 20.2. The van der Waals surface area contributed by atoms with Gasteiger partial charge < -0.3 is 29.3 Å². The van der Waals surface area contributed by atoms with E-state index in [1.807, 2.05) is 34.1 Å². The number of piperazine rings is 1. The summed E-state index contributed by atoms with van der Waals surface area (Å²) in [6, 6.07) is 24.0. The Morgan fingerprint density at radius 3 is 2.42 bits per heavy atom. The predicted molar refractivity (Wildman–Crippen MR) is 264 cm³/mol. The van der Waals surface area contributed by atoms with Gasteiger partial charge in [-0.1, -0.05) is 45.9 Å². The maximum absolute atomic E-state index is 13.6. The molecule has 2 saturated heterocycles. The van der Waals surface area contributed by atoms with E-state index in [1.54, 1.807) is 32.2 Å². The quantitative estimate of drug-likeness (QED) is 0.130. The average molecular weight is 931 g/mol. The fourth-order valence-electron chi connectivity index (χ4n) is 11.6. The molecule has 6 aromatic rings. The first kappa shape index (κ1) is 46.0. The lowest BCUT2D eigenvalue weighted by molar-refractivity contribution is -0.164. The zero-order chi connectivity index (χ0) is 48.0. The van der Waals surface area contributed by atoms with Gasteiger partial charge in [-0.05, 0) is 60.7 Å². The first-order chi connectivity index (χ1) is 33.3. The second-order valence-corrected chi connectivity index (χ2v) is 20.2. The van der Waals surface area contributed by atoms with Gasteiger partial charge in [-0.15, -0.1) is 0 Å². The van der Waals surface area contributed by atoms with Gasteiger partial charge in [-0.25, -0.2) is 0 Å². The summed E-state index contributed by atoms with van der Waals surface area (Å²) < 4.78 is 21.8. The molecule has 358 valence electrons. The number of aromatic nitrogens is 5. The molecule has 3 aromatic heterocycles. The van der Waals surface area contributed by atoms with E-state index >= 15 is 0 Å². The number of benzene rings is 3. The molecule has 0 bridgehead atoms. The van der Waals surface area contributed by atoms with Crippen molar-refractivity contribution >= 4 is 28.3 Å². The molecule has 0 unspecified atom stereocenters. The van der Waals surface area contributed by atoms with Crippen molar-refractivity contribution in [2.24, 2.45) is 10.8 Å². The number of amides is 2. The molecule has 1 aliphatic carbocycles. The molecule has 2 amide bonds. The van der Waals surface area contributed by atoms with Crippen LogP contribution in [0.25, 0.3) is 33.3 Å². The van der Waals surface area contributed by atoms with Crippen LogP contribution in [-0.2, 0) is 29.0 Å². The first-order valence-corrected chi connectivity index (χ1v) is 24.3. The highest BCUT2D eigenvalue weighted by atomic mass is 16.5. The van der Waals surface area contributed by atoms with Crippen molar-refractivity contribution in [3.63, 3.8) is 0 Å². The number of nitrogens with zero attached hydrogens (tertiary/aromatic N) is 9.